The number of benzene rings is 1. The van der Waals surface area contributed by atoms with Crippen LogP contribution in [0.3, 0.4) is 0 Å². The summed E-state index contributed by atoms with van der Waals surface area (Å²) in [4.78, 5) is 10.6. The van der Waals surface area contributed by atoms with Gasteiger partial charge in [0.1, 0.15) is 17.5 Å². The molecule has 1 aliphatic rings. The Labute approximate surface area is 152 Å². The second-order valence-corrected chi connectivity index (χ2v) is 5.94. The van der Waals surface area contributed by atoms with Crippen LogP contribution in [0.4, 0.5) is 14.6 Å². The van der Waals surface area contributed by atoms with Crippen LogP contribution < -0.4 is 4.90 Å². The number of hydrogen-bond donors (Lipinski definition) is 0. The van der Waals surface area contributed by atoms with Crippen LogP contribution in [0.5, 0.6) is 0 Å². The lowest BCUT2D eigenvalue weighted by molar-refractivity contribution is 0.562. The van der Waals surface area contributed by atoms with E-state index in [1.54, 1.807) is 6.08 Å². The first kappa shape index (κ1) is 19.3. The molecule has 0 saturated carbocycles. The van der Waals surface area contributed by atoms with E-state index in [0.29, 0.717) is 18.5 Å². The van der Waals surface area contributed by atoms with Gasteiger partial charge in [-0.25, -0.2) is 18.7 Å². The highest BCUT2D eigenvalue weighted by atomic mass is 35.5. The van der Waals surface area contributed by atoms with Crippen LogP contribution >= 0.6 is 11.6 Å². The lowest BCUT2D eigenvalue weighted by Gasteiger charge is -2.20. The van der Waals surface area contributed by atoms with Gasteiger partial charge in [0.15, 0.2) is 0 Å². The summed E-state index contributed by atoms with van der Waals surface area (Å²) in [6, 6.07) is 3.65. The molecule has 1 heterocycles. The van der Waals surface area contributed by atoms with Gasteiger partial charge < -0.3 is 4.90 Å². The fraction of sp³-hybridized carbons (Fsp3) is 0.368. The zero-order valence-corrected chi connectivity index (χ0v) is 15.4. The highest BCUT2D eigenvalue weighted by Gasteiger charge is 2.31. The van der Waals surface area contributed by atoms with Crippen LogP contribution in [0.15, 0.2) is 30.9 Å². The lowest BCUT2D eigenvalue weighted by atomic mass is 9.96. The Balaban J connectivity index is 0.00000109. The van der Waals surface area contributed by atoms with Crippen LogP contribution in [0.1, 0.15) is 43.0 Å². The van der Waals surface area contributed by atoms with Crippen LogP contribution in [0, 0.1) is 11.6 Å². The summed E-state index contributed by atoms with van der Waals surface area (Å²) in [5.41, 5.74) is 2.13. The Morgan fingerprint density at radius 1 is 1.32 bits per heavy atom. The standard InChI is InChI=1S/C17H16ClF2N3.C2H6/c1-3-8-23(2)16-13-7-6-12(15(13)21-17(18)22-16)11-5-4-10(19)9-14(11)20;1-2/h3-5,9,12H,1,6-8H2,2H3;1-2H3. The summed E-state index contributed by atoms with van der Waals surface area (Å²) in [5.74, 6) is -0.637. The molecule has 0 N–H and O–H groups in total. The molecule has 2 aromatic rings. The van der Waals surface area contributed by atoms with E-state index in [4.69, 9.17) is 11.6 Å². The molecule has 6 heteroatoms. The Bertz CT molecular complexity index is 765. The van der Waals surface area contributed by atoms with Gasteiger partial charge in [0, 0.05) is 31.1 Å². The molecular weight excluding hydrogens is 344 g/mol. The van der Waals surface area contributed by atoms with Gasteiger partial charge >= 0.3 is 0 Å². The van der Waals surface area contributed by atoms with Crippen molar-refractivity contribution in [1.29, 1.82) is 0 Å². The van der Waals surface area contributed by atoms with Gasteiger partial charge in [-0.1, -0.05) is 26.0 Å². The molecule has 0 saturated heterocycles. The molecule has 3 nitrogen and oxygen atoms in total. The number of aromatic nitrogens is 2. The number of rotatable bonds is 4. The van der Waals surface area contributed by atoms with Gasteiger partial charge in [-0.2, -0.15) is 0 Å². The Hall–Kier alpha value is -2.01. The van der Waals surface area contributed by atoms with Crippen LogP contribution in [0.2, 0.25) is 5.28 Å². The van der Waals surface area contributed by atoms with Crippen molar-refractivity contribution in [2.24, 2.45) is 0 Å². The molecule has 0 amide bonds. The molecule has 3 rings (SSSR count). The maximum absolute atomic E-state index is 14.1. The molecule has 134 valence electrons. The van der Waals surface area contributed by atoms with E-state index in [0.717, 1.165) is 29.6 Å². The Kier molecular flexibility index (Phi) is 6.48. The second kappa shape index (κ2) is 8.39. The van der Waals surface area contributed by atoms with E-state index in [1.165, 1.54) is 12.1 Å². The van der Waals surface area contributed by atoms with Crippen molar-refractivity contribution in [2.45, 2.75) is 32.6 Å². The van der Waals surface area contributed by atoms with Crippen LogP contribution in [0.25, 0.3) is 0 Å². The van der Waals surface area contributed by atoms with Gasteiger partial charge in [-0.15, -0.1) is 6.58 Å². The normalized spacial score (nSPS) is 15.2. The molecule has 0 radical (unpaired) electrons. The molecule has 0 fully saturated rings. The van der Waals surface area contributed by atoms with Crippen LogP contribution in [-0.2, 0) is 6.42 Å². The maximum Gasteiger partial charge on any atom is 0.224 e. The van der Waals surface area contributed by atoms with Gasteiger partial charge in [0.2, 0.25) is 5.28 Å². The fourth-order valence-electron chi connectivity index (χ4n) is 3.10. The monoisotopic (exact) mass is 365 g/mol. The van der Waals surface area contributed by atoms with Crippen molar-refractivity contribution < 1.29 is 8.78 Å². The first-order valence-corrected chi connectivity index (χ1v) is 8.72. The third kappa shape index (κ3) is 3.98. The van der Waals surface area contributed by atoms with Crippen LogP contribution in [-0.4, -0.2) is 23.6 Å². The summed E-state index contributed by atoms with van der Waals surface area (Å²) < 4.78 is 27.3. The van der Waals surface area contributed by atoms with Gasteiger partial charge in [0.25, 0.3) is 0 Å². The molecule has 1 aliphatic carbocycles. The highest BCUT2D eigenvalue weighted by Crippen LogP contribution is 2.41. The number of nitrogens with zero attached hydrogens (tertiary/aromatic N) is 3. The average Bonchev–Trinajstić information content (AvgIpc) is 2.99. The number of fused-ring (bicyclic) bond motifs is 1. The Morgan fingerprint density at radius 2 is 2.04 bits per heavy atom. The largest absolute Gasteiger partial charge is 0.356 e. The van der Waals surface area contributed by atoms with Crippen molar-refractivity contribution in [1.82, 2.24) is 9.97 Å². The van der Waals surface area contributed by atoms with E-state index in [2.05, 4.69) is 16.5 Å². The fourth-order valence-corrected chi connectivity index (χ4v) is 3.27. The lowest BCUT2D eigenvalue weighted by Crippen LogP contribution is -2.20. The molecule has 0 bridgehead atoms. The molecule has 1 aromatic carbocycles. The van der Waals surface area contributed by atoms with Crippen molar-refractivity contribution in [3.8, 4) is 0 Å². The molecule has 1 atom stereocenters. The number of anilines is 1. The maximum atomic E-state index is 14.1. The van der Waals surface area contributed by atoms with Crippen molar-refractivity contribution in [3.05, 3.63) is 64.6 Å². The highest BCUT2D eigenvalue weighted by molar-refractivity contribution is 6.28. The topological polar surface area (TPSA) is 29.0 Å². The third-order valence-electron chi connectivity index (χ3n) is 4.11. The summed E-state index contributed by atoms with van der Waals surface area (Å²) in [6.07, 6.45) is 3.20. The minimum atomic E-state index is -0.586. The predicted molar refractivity (Wildman–Crippen MR) is 98.4 cm³/mol. The van der Waals surface area contributed by atoms with Gasteiger partial charge in [-0.05, 0) is 36.1 Å². The average molecular weight is 366 g/mol. The first-order valence-electron chi connectivity index (χ1n) is 8.34. The molecule has 25 heavy (non-hydrogen) atoms. The quantitative estimate of drug-likeness (QED) is 0.555. The number of likely N-dealkylation sites (N-methyl/N-ethyl adjacent to an activating group) is 1. The minimum Gasteiger partial charge on any atom is -0.356 e. The molecule has 0 spiro atoms. The zero-order chi connectivity index (χ0) is 18.6. The van der Waals surface area contributed by atoms with Gasteiger partial charge in [0.05, 0.1) is 5.69 Å². The third-order valence-corrected chi connectivity index (χ3v) is 4.27. The van der Waals surface area contributed by atoms with E-state index < -0.39 is 11.6 Å². The van der Waals surface area contributed by atoms with E-state index in [1.807, 2.05) is 25.8 Å². The van der Waals surface area contributed by atoms with Gasteiger partial charge in [-0.3, -0.25) is 0 Å². The van der Waals surface area contributed by atoms with E-state index in [9.17, 15) is 8.78 Å². The summed E-state index contributed by atoms with van der Waals surface area (Å²) in [6.45, 7) is 8.34. The second-order valence-electron chi connectivity index (χ2n) is 5.61. The molecule has 1 unspecified atom stereocenters. The summed E-state index contributed by atoms with van der Waals surface area (Å²) >= 11 is 6.06. The first-order chi connectivity index (χ1) is 12.0. The molecule has 1 aromatic heterocycles. The van der Waals surface area contributed by atoms with E-state index >= 15 is 0 Å². The van der Waals surface area contributed by atoms with Crippen molar-refractivity contribution in [2.75, 3.05) is 18.5 Å². The summed E-state index contributed by atoms with van der Waals surface area (Å²) in [5, 5.41) is 0.129. The smallest absolute Gasteiger partial charge is 0.224 e. The number of hydrogen-bond acceptors (Lipinski definition) is 3. The van der Waals surface area contributed by atoms with E-state index in [-0.39, 0.29) is 11.2 Å². The van der Waals surface area contributed by atoms with Crippen molar-refractivity contribution >= 4 is 17.4 Å². The zero-order valence-electron chi connectivity index (χ0n) is 14.7. The number of halogens is 3. The minimum absolute atomic E-state index is 0.129. The summed E-state index contributed by atoms with van der Waals surface area (Å²) in [7, 11) is 1.90. The predicted octanol–water partition coefficient (Wildman–Crippen LogP) is 5.13. The molecular formula is C19H22ClF2N3. The molecule has 0 aliphatic heterocycles. The Morgan fingerprint density at radius 3 is 2.68 bits per heavy atom. The van der Waals surface area contributed by atoms with Crippen molar-refractivity contribution in [3.63, 3.8) is 0 Å². The SMILES string of the molecule is C=CCN(C)c1nc(Cl)nc2c1CCC2c1ccc(F)cc1F.CC.